The fourth-order valence-electron chi connectivity index (χ4n) is 1.89. The molecule has 0 spiro atoms. The van der Waals surface area contributed by atoms with Gasteiger partial charge in [0.2, 0.25) is 5.91 Å². The van der Waals surface area contributed by atoms with Crippen LogP contribution in [0.15, 0.2) is 0 Å². The molecule has 0 aromatic rings. The Morgan fingerprint density at radius 3 is 2.77 bits per heavy atom. The van der Waals surface area contributed by atoms with E-state index in [0.29, 0.717) is 5.92 Å². The molecule has 1 amide bonds. The third kappa shape index (κ3) is 2.45. The predicted octanol–water partition coefficient (Wildman–Crippen LogP) is 1.45. The Kier molecular flexibility index (Phi) is 3.30. The van der Waals surface area contributed by atoms with E-state index in [4.69, 9.17) is 5.26 Å². The van der Waals surface area contributed by atoms with E-state index in [0.717, 1.165) is 19.3 Å². The number of nitriles is 1. The normalized spacial score (nSPS) is 29.3. The summed E-state index contributed by atoms with van der Waals surface area (Å²) in [7, 11) is 0. The highest BCUT2D eigenvalue weighted by molar-refractivity contribution is 5.79. The number of nitrogens with one attached hydrogen (secondary N) is 1. The highest BCUT2D eigenvalue weighted by Crippen LogP contribution is 2.31. The van der Waals surface area contributed by atoms with Gasteiger partial charge in [-0.25, -0.2) is 0 Å². The SMILES string of the molecule is CC(C#N)NC(=O)C1CCCC1C. The van der Waals surface area contributed by atoms with Crippen molar-refractivity contribution in [2.75, 3.05) is 0 Å². The number of nitrogens with zero attached hydrogens (tertiary/aromatic N) is 1. The van der Waals surface area contributed by atoms with Gasteiger partial charge in [-0.1, -0.05) is 13.3 Å². The molecule has 0 aliphatic heterocycles. The molecule has 0 radical (unpaired) electrons. The third-order valence-corrected chi connectivity index (χ3v) is 2.75. The van der Waals surface area contributed by atoms with Crippen LogP contribution in [0.1, 0.15) is 33.1 Å². The zero-order valence-corrected chi connectivity index (χ0v) is 8.21. The molecule has 0 heterocycles. The minimum atomic E-state index is -0.361. The quantitative estimate of drug-likeness (QED) is 0.699. The highest BCUT2D eigenvalue weighted by Gasteiger charge is 2.29. The van der Waals surface area contributed by atoms with Gasteiger partial charge in [-0.3, -0.25) is 4.79 Å². The standard InChI is InChI=1S/C10H16N2O/c1-7-4-3-5-9(7)10(13)12-8(2)6-11/h7-9H,3-5H2,1-2H3,(H,12,13). The van der Waals surface area contributed by atoms with Crippen molar-refractivity contribution >= 4 is 5.91 Å². The summed E-state index contributed by atoms with van der Waals surface area (Å²) in [5, 5.41) is 11.2. The van der Waals surface area contributed by atoms with E-state index in [9.17, 15) is 4.79 Å². The van der Waals surface area contributed by atoms with Crippen LogP contribution in [-0.4, -0.2) is 11.9 Å². The Morgan fingerprint density at radius 1 is 1.62 bits per heavy atom. The minimum absolute atomic E-state index is 0.0547. The topological polar surface area (TPSA) is 52.9 Å². The van der Waals surface area contributed by atoms with E-state index >= 15 is 0 Å². The first-order valence-corrected chi connectivity index (χ1v) is 4.85. The van der Waals surface area contributed by atoms with Gasteiger partial charge in [-0.05, 0) is 25.7 Å². The third-order valence-electron chi connectivity index (χ3n) is 2.75. The lowest BCUT2D eigenvalue weighted by Gasteiger charge is -2.15. The van der Waals surface area contributed by atoms with Crippen molar-refractivity contribution in [2.24, 2.45) is 11.8 Å². The Hall–Kier alpha value is -1.04. The summed E-state index contributed by atoms with van der Waals surface area (Å²) in [5.41, 5.74) is 0. The van der Waals surface area contributed by atoms with Gasteiger partial charge in [-0.15, -0.1) is 0 Å². The molecule has 1 rings (SSSR count). The van der Waals surface area contributed by atoms with Gasteiger partial charge in [0.05, 0.1) is 6.07 Å². The van der Waals surface area contributed by atoms with E-state index in [1.807, 2.05) is 6.07 Å². The maximum Gasteiger partial charge on any atom is 0.224 e. The van der Waals surface area contributed by atoms with Crippen LogP contribution in [0.5, 0.6) is 0 Å². The van der Waals surface area contributed by atoms with Crippen LogP contribution in [0.25, 0.3) is 0 Å². The van der Waals surface area contributed by atoms with Gasteiger partial charge >= 0.3 is 0 Å². The van der Waals surface area contributed by atoms with Crippen molar-refractivity contribution in [2.45, 2.75) is 39.2 Å². The van der Waals surface area contributed by atoms with Crippen molar-refractivity contribution in [3.63, 3.8) is 0 Å². The van der Waals surface area contributed by atoms with Gasteiger partial charge in [-0.2, -0.15) is 5.26 Å². The van der Waals surface area contributed by atoms with Crippen LogP contribution in [0.4, 0.5) is 0 Å². The average molecular weight is 180 g/mol. The number of carbonyl (C=O) groups is 1. The smallest absolute Gasteiger partial charge is 0.224 e. The molecule has 0 bridgehead atoms. The van der Waals surface area contributed by atoms with Gasteiger partial charge in [0.25, 0.3) is 0 Å². The molecule has 3 nitrogen and oxygen atoms in total. The summed E-state index contributed by atoms with van der Waals surface area (Å²) >= 11 is 0. The van der Waals surface area contributed by atoms with Crippen LogP contribution >= 0.6 is 0 Å². The molecular formula is C10H16N2O. The van der Waals surface area contributed by atoms with Crippen LogP contribution < -0.4 is 5.32 Å². The first-order valence-electron chi connectivity index (χ1n) is 4.85. The van der Waals surface area contributed by atoms with Crippen LogP contribution in [0.2, 0.25) is 0 Å². The molecule has 1 aliphatic carbocycles. The Balaban J connectivity index is 2.44. The molecule has 3 heteroatoms. The number of carbonyl (C=O) groups excluding carboxylic acids is 1. The number of hydrogen-bond acceptors (Lipinski definition) is 2. The Morgan fingerprint density at radius 2 is 2.31 bits per heavy atom. The monoisotopic (exact) mass is 180 g/mol. The molecule has 0 aromatic heterocycles. The fourth-order valence-corrected chi connectivity index (χ4v) is 1.89. The molecular weight excluding hydrogens is 164 g/mol. The van der Waals surface area contributed by atoms with E-state index in [1.165, 1.54) is 0 Å². The van der Waals surface area contributed by atoms with Crippen LogP contribution in [0, 0.1) is 23.2 Å². The summed E-state index contributed by atoms with van der Waals surface area (Å²) in [4.78, 5) is 11.6. The van der Waals surface area contributed by atoms with Crippen molar-refractivity contribution in [1.29, 1.82) is 5.26 Å². The summed E-state index contributed by atoms with van der Waals surface area (Å²) in [6.07, 6.45) is 3.25. The fraction of sp³-hybridized carbons (Fsp3) is 0.800. The molecule has 1 N–H and O–H groups in total. The first kappa shape index (κ1) is 10.0. The van der Waals surface area contributed by atoms with E-state index in [1.54, 1.807) is 6.92 Å². The lowest BCUT2D eigenvalue weighted by molar-refractivity contribution is -0.126. The van der Waals surface area contributed by atoms with Gasteiger partial charge in [0, 0.05) is 5.92 Å². The zero-order chi connectivity index (χ0) is 9.84. The summed E-state index contributed by atoms with van der Waals surface area (Å²) < 4.78 is 0. The second-order valence-corrected chi connectivity index (χ2v) is 3.87. The van der Waals surface area contributed by atoms with E-state index in [-0.39, 0.29) is 17.9 Å². The minimum Gasteiger partial charge on any atom is -0.340 e. The lowest BCUT2D eigenvalue weighted by Crippen LogP contribution is -2.37. The van der Waals surface area contributed by atoms with Gasteiger partial charge < -0.3 is 5.32 Å². The Bertz CT molecular complexity index is 232. The number of amides is 1. The Labute approximate surface area is 79.1 Å². The van der Waals surface area contributed by atoms with E-state index in [2.05, 4.69) is 12.2 Å². The molecule has 0 saturated heterocycles. The summed E-state index contributed by atoms with van der Waals surface area (Å²) in [5.74, 6) is 0.667. The molecule has 1 fully saturated rings. The lowest BCUT2D eigenvalue weighted by atomic mass is 9.97. The molecule has 13 heavy (non-hydrogen) atoms. The molecule has 72 valence electrons. The van der Waals surface area contributed by atoms with Crippen molar-refractivity contribution in [1.82, 2.24) is 5.32 Å². The molecule has 3 atom stereocenters. The zero-order valence-electron chi connectivity index (χ0n) is 8.21. The summed E-state index contributed by atoms with van der Waals surface area (Å²) in [6, 6.07) is 1.64. The molecule has 1 saturated carbocycles. The molecule has 1 aliphatic rings. The maximum absolute atomic E-state index is 11.6. The average Bonchev–Trinajstić information content (AvgIpc) is 2.51. The first-order chi connectivity index (χ1) is 6.15. The second-order valence-electron chi connectivity index (χ2n) is 3.87. The van der Waals surface area contributed by atoms with Crippen molar-refractivity contribution < 1.29 is 4.79 Å². The van der Waals surface area contributed by atoms with Gasteiger partial charge in [0.15, 0.2) is 0 Å². The predicted molar refractivity (Wildman–Crippen MR) is 49.7 cm³/mol. The highest BCUT2D eigenvalue weighted by atomic mass is 16.1. The van der Waals surface area contributed by atoms with Gasteiger partial charge in [0.1, 0.15) is 6.04 Å². The van der Waals surface area contributed by atoms with Crippen LogP contribution in [0.3, 0.4) is 0 Å². The number of rotatable bonds is 2. The molecule has 0 aromatic carbocycles. The molecule has 3 unspecified atom stereocenters. The van der Waals surface area contributed by atoms with E-state index < -0.39 is 0 Å². The van der Waals surface area contributed by atoms with Crippen molar-refractivity contribution in [3.05, 3.63) is 0 Å². The largest absolute Gasteiger partial charge is 0.340 e. The second kappa shape index (κ2) is 4.27. The maximum atomic E-state index is 11.6. The van der Waals surface area contributed by atoms with Crippen molar-refractivity contribution in [3.8, 4) is 6.07 Å². The van der Waals surface area contributed by atoms with Crippen LogP contribution in [-0.2, 0) is 4.79 Å². The summed E-state index contributed by atoms with van der Waals surface area (Å²) in [6.45, 7) is 3.81. The number of hydrogen-bond donors (Lipinski definition) is 1.